The Kier molecular flexibility index (Phi) is 7.17. The minimum absolute atomic E-state index is 0.00827. The van der Waals surface area contributed by atoms with Gasteiger partial charge in [-0.3, -0.25) is 14.6 Å². The van der Waals surface area contributed by atoms with E-state index in [9.17, 15) is 14.0 Å². The number of carbonyl (C=O) groups excluding carboxylic acids is 2. The third kappa shape index (κ3) is 5.13. The van der Waals surface area contributed by atoms with Crippen LogP contribution in [-0.2, 0) is 17.8 Å². The number of aromatic amines is 1. The molecule has 0 bridgehead atoms. The van der Waals surface area contributed by atoms with E-state index < -0.39 is 5.82 Å². The quantitative estimate of drug-likeness (QED) is 0.326. The number of halogens is 3. The first-order valence-electron chi connectivity index (χ1n) is 12.4. The highest BCUT2D eigenvalue weighted by Crippen LogP contribution is 2.33. The molecule has 38 heavy (non-hydrogen) atoms. The van der Waals surface area contributed by atoms with Gasteiger partial charge in [-0.1, -0.05) is 23.7 Å². The molecule has 9 heteroatoms. The van der Waals surface area contributed by atoms with E-state index in [1.54, 1.807) is 42.5 Å². The molecule has 0 radical (unpaired) electrons. The highest BCUT2D eigenvalue weighted by atomic mass is 35.5. The van der Waals surface area contributed by atoms with E-state index in [4.69, 9.17) is 11.6 Å². The van der Waals surface area contributed by atoms with Gasteiger partial charge >= 0.3 is 0 Å². The molecule has 5 rings (SSSR count). The van der Waals surface area contributed by atoms with Crippen LogP contribution < -0.4 is 0 Å². The molecular weight excluding hydrogens is 510 g/mol. The van der Waals surface area contributed by atoms with Gasteiger partial charge in [-0.15, -0.1) is 0 Å². The maximum absolute atomic E-state index is 15.1. The number of carbonyl (C=O) groups is 2. The van der Waals surface area contributed by atoms with Crippen LogP contribution in [0, 0.1) is 11.6 Å². The standard InChI is InChI=1S/C29H27ClF2N4O2/c1-17(37)36-7-3-4-28(36)20-6-5-19(25(31)11-20)8-18-9-21(14-33-13-18)29(38)35(2)16-22-10-23-24(30)15-34-27(23)12-26(22)32/h5-6,9-15,28,34H,3-4,7-8,16H2,1-2H3. The molecule has 1 N–H and O–H groups in total. The number of aromatic nitrogens is 2. The smallest absolute Gasteiger partial charge is 0.255 e. The second kappa shape index (κ2) is 10.5. The molecule has 196 valence electrons. The predicted molar refractivity (Wildman–Crippen MR) is 142 cm³/mol. The van der Waals surface area contributed by atoms with Gasteiger partial charge in [0.2, 0.25) is 5.91 Å². The lowest BCUT2D eigenvalue weighted by Gasteiger charge is -2.24. The Morgan fingerprint density at radius 1 is 1.13 bits per heavy atom. The van der Waals surface area contributed by atoms with E-state index in [0.717, 1.165) is 18.4 Å². The molecule has 3 heterocycles. The van der Waals surface area contributed by atoms with E-state index in [1.807, 2.05) is 6.07 Å². The molecule has 2 aromatic carbocycles. The maximum Gasteiger partial charge on any atom is 0.255 e. The Bertz CT molecular complexity index is 1540. The second-order valence-electron chi connectivity index (χ2n) is 9.77. The summed E-state index contributed by atoms with van der Waals surface area (Å²) in [6.45, 7) is 2.26. The summed E-state index contributed by atoms with van der Waals surface area (Å²) in [7, 11) is 1.59. The number of nitrogens with zero attached hydrogens (tertiary/aromatic N) is 3. The van der Waals surface area contributed by atoms with Gasteiger partial charge in [-0.2, -0.15) is 0 Å². The number of H-pyrrole nitrogens is 1. The normalized spacial score (nSPS) is 15.3. The van der Waals surface area contributed by atoms with E-state index in [1.165, 1.54) is 30.2 Å². The fourth-order valence-electron chi connectivity index (χ4n) is 5.15. The molecule has 1 aliphatic rings. The van der Waals surface area contributed by atoms with E-state index in [2.05, 4.69) is 9.97 Å². The van der Waals surface area contributed by atoms with Crippen LogP contribution in [0.1, 0.15) is 58.4 Å². The summed E-state index contributed by atoms with van der Waals surface area (Å²) < 4.78 is 29.7. The fourth-order valence-corrected chi connectivity index (χ4v) is 5.36. The first-order chi connectivity index (χ1) is 18.2. The van der Waals surface area contributed by atoms with Crippen molar-refractivity contribution in [3.63, 3.8) is 0 Å². The maximum atomic E-state index is 15.1. The van der Waals surface area contributed by atoms with E-state index >= 15 is 4.39 Å². The van der Waals surface area contributed by atoms with Gasteiger partial charge in [0.25, 0.3) is 5.91 Å². The van der Waals surface area contributed by atoms with Gasteiger partial charge < -0.3 is 14.8 Å². The summed E-state index contributed by atoms with van der Waals surface area (Å²) in [6.07, 6.45) is 6.60. The predicted octanol–water partition coefficient (Wildman–Crippen LogP) is 6.04. The zero-order valence-corrected chi connectivity index (χ0v) is 21.9. The Hall–Kier alpha value is -3.78. The van der Waals surface area contributed by atoms with Crippen molar-refractivity contribution in [2.75, 3.05) is 13.6 Å². The zero-order chi connectivity index (χ0) is 27.0. The van der Waals surface area contributed by atoms with Crippen molar-refractivity contribution in [3.05, 3.63) is 99.5 Å². The molecule has 0 aliphatic carbocycles. The molecule has 1 aliphatic heterocycles. The Morgan fingerprint density at radius 3 is 2.68 bits per heavy atom. The molecule has 1 unspecified atom stereocenters. The third-order valence-corrected chi connectivity index (χ3v) is 7.42. The summed E-state index contributed by atoms with van der Waals surface area (Å²) in [6, 6.07) is 9.66. The third-order valence-electron chi connectivity index (χ3n) is 7.11. The lowest BCUT2D eigenvalue weighted by atomic mass is 9.99. The summed E-state index contributed by atoms with van der Waals surface area (Å²) in [5, 5.41) is 1.16. The number of fused-ring (bicyclic) bond motifs is 1. The number of rotatable bonds is 6. The molecule has 0 saturated carbocycles. The summed E-state index contributed by atoms with van der Waals surface area (Å²) in [5.41, 5.74) is 3.18. The number of hydrogen-bond acceptors (Lipinski definition) is 3. The van der Waals surface area contributed by atoms with Crippen molar-refractivity contribution in [1.82, 2.24) is 19.8 Å². The topological polar surface area (TPSA) is 69.3 Å². The van der Waals surface area contributed by atoms with E-state index in [0.29, 0.717) is 44.7 Å². The number of amides is 2. The van der Waals surface area contributed by atoms with Crippen LogP contribution in [0.2, 0.25) is 5.02 Å². The van der Waals surface area contributed by atoms with E-state index in [-0.39, 0.29) is 36.6 Å². The Labute approximate surface area is 224 Å². The number of pyridine rings is 1. The van der Waals surface area contributed by atoms with Gasteiger partial charge in [-0.05, 0) is 53.8 Å². The Balaban J connectivity index is 1.30. The SMILES string of the molecule is CC(=O)N1CCCC1c1ccc(Cc2cncc(C(=O)N(C)Cc3cc4c(Cl)c[nH]c4cc3F)c2)c(F)c1. The van der Waals surface area contributed by atoms with Crippen LogP contribution in [0.4, 0.5) is 8.78 Å². The number of likely N-dealkylation sites (tertiary alicyclic amines) is 1. The molecule has 1 atom stereocenters. The average Bonchev–Trinajstić information content (AvgIpc) is 3.52. The summed E-state index contributed by atoms with van der Waals surface area (Å²) >= 11 is 6.16. The minimum Gasteiger partial charge on any atom is -0.360 e. The van der Waals surface area contributed by atoms with Crippen LogP contribution in [0.5, 0.6) is 0 Å². The van der Waals surface area contributed by atoms with Crippen LogP contribution in [-0.4, -0.2) is 45.2 Å². The largest absolute Gasteiger partial charge is 0.360 e. The highest BCUT2D eigenvalue weighted by Gasteiger charge is 2.28. The minimum atomic E-state index is -0.439. The van der Waals surface area contributed by atoms with Crippen molar-refractivity contribution >= 4 is 34.3 Å². The lowest BCUT2D eigenvalue weighted by Crippen LogP contribution is -2.28. The van der Waals surface area contributed by atoms with Crippen molar-refractivity contribution in [1.29, 1.82) is 0 Å². The first-order valence-corrected chi connectivity index (χ1v) is 12.8. The molecule has 1 fully saturated rings. The Morgan fingerprint density at radius 2 is 1.92 bits per heavy atom. The van der Waals surface area contributed by atoms with Crippen molar-refractivity contribution in [2.24, 2.45) is 0 Å². The zero-order valence-electron chi connectivity index (χ0n) is 21.1. The summed E-state index contributed by atoms with van der Waals surface area (Å²) in [4.78, 5) is 35.3. The first kappa shape index (κ1) is 25.9. The number of hydrogen-bond donors (Lipinski definition) is 1. The molecule has 6 nitrogen and oxygen atoms in total. The summed E-state index contributed by atoms with van der Waals surface area (Å²) in [5.74, 6) is -1.14. The van der Waals surface area contributed by atoms with Gasteiger partial charge in [0.05, 0.1) is 16.6 Å². The van der Waals surface area contributed by atoms with Gasteiger partial charge in [0, 0.05) is 68.5 Å². The molecule has 2 aromatic heterocycles. The molecule has 1 saturated heterocycles. The van der Waals surface area contributed by atoms with Crippen molar-refractivity contribution < 1.29 is 18.4 Å². The van der Waals surface area contributed by atoms with Crippen LogP contribution >= 0.6 is 11.6 Å². The van der Waals surface area contributed by atoms with Gasteiger partial charge in [-0.25, -0.2) is 8.78 Å². The fraction of sp³-hybridized carbons (Fsp3) is 0.276. The number of benzene rings is 2. The van der Waals surface area contributed by atoms with Crippen molar-refractivity contribution in [3.8, 4) is 0 Å². The molecule has 0 spiro atoms. The van der Waals surface area contributed by atoms with Crippen LogP contribution in [0.3, 0.4) is 0 Å². The molecule has 4 aromatic rings. The van der Waals surface area contributed by atoms with Gasteiger partial charge in [0.15, 0.2) is 0 Å². The number of nitrogens with one attached hydrogen (secondary N) is 1. The average molecular weight is 537 g/mol. The van der Waals surface area contributed by atoms with Crippen LogP contribution in [0.15, 0.2) is 55.0 Å². The second-order valence-corrected chi connectivity index (χ2v) is 10.2. The lowest BCUT2D eigenvalue weighted by molar-refractivity contribution is -0.129. The molecule has 2 amide bonds. The van der Waals surface area contributed by atoms with Crippen molar-refractivity contribution in [2.45, 2.75) is 38.8 Å². The van der Waals surface area contributed by atoms with Crippen LogP contribution in [0.25, 0.3) is 10.9 Å². The molecular formula is C29H27ClF2N4O2. The monoisotopic (exact) mass is 536 g/mol. The highest BCUT2D eigenvalue weighted by molar-refractivity contribution is 6.35. The van der Waals surface area contributed by atoms with Gasteiger partial charge in [0.1, 0.15) is 11.6 Å².